The molecule has 3 heterocycles. The highest BCUT2D eigenvalue weighted by Crippen LogP contribution is 2.25. The molecule has 0 atom stereocenters. The maximum Gasteiger partial charge on any atom is 0.262 e. The summed E-state index contributed by atoms with van der Waals surface area (Å²) in [5.41, 5.74) is 2.60. The van der Waals surface area contributed by atoms with Gasteiger partial charge in [-0.3, -0.25) is 18.6 Å². The molecule has 6 nitrogen and oxygen atoms in total. The number of benzene rings is 1. The summed E-state index contributed by atoms with van der Waals surface area (Å²) in [6, 6.07) is 10.3. The molecule has 0 aliphatic heterocycles. The van der Waals surface area contributed by atoms with Crippen LogP contribution in [-0.2, 0) is 5.75 Å². The number of nitrogens with zero attached hydrogens (tertiary/aromatic N) is 4. The van der Waals surface area contributed by atoms with E-state index in [0.717, 1.165) is 5.56 Å². The van der Waals surface area contributed by atoms with E-state index in [-0.39, 0.29) is 17.2 Å². The van der Waals surface area contributed by atoms with Crippen molar-refractivity contribution in [2.75, 3.05) is 0 Å². The molecule has 0 saturated carbocycles. The number of hydrogen-bond donors (Lipinski definition) is 0. The van der Waals surface area contributed by atoms with E-state index in [2.05, 4.69) is 9.97 Å². The van der Waals surface area contributed by atoms with Gasteiger partial charge in [0, 0.05) is 29.1 Å². The van der Waals surface area contributed by atoms with Crippen molar-refractivity contribution >= 4 is 39.9 Å². The van der Waals surface area contributed by atoms with E-state index in [4.69, 9.17) is 11.6 Å². The molecule has 29 heavy (non-hydrogen) atoms. The first-order valence-corrected chi connectivity index (χ1v) is 10.5. The average molecular weight is 427 g/mol. The monoisotopic (exact) mass is 426 g/mol. The van der Waals surface area contributed by atoms with Crippen LogP contribution in [0.25, 0.3) is 16.6 Å². The topological polar surface area (TPSA) is 69.3 Å². The van der Waals surface area contributed by atoms with Gasteiger partial charge in [0.05, 0.1) is 16.6 Å². The van der Waals surface area contributed by atoms with Crippen molar-refractivity contribution in [3.05, 3.63) is 79.6 Å². The van der Waals surface area contributed by atoms with E-state index in [1.165, 1.54) is 22.2 Å². The lowest BCUT2D eigenvalue weighted by Gasteiger charge is -2.16. The van der Waals surface area contributed by atoms with Gasteiger partial charge in [0.2, 0.25) is 0 Å². The van der Waals surface area contributed by atoms with Gasteiger partial charge in [-0.15, -0.1) is 0 Å². The van der Waals surface area contributed by atoms with Gasteiger partial charge >= 0.3 is 0 Å². The summed E-state index contributed by atoms with van der Waals surface area (Å²) < 4.78 is 3.18. The van der Waals surface area contributed by atoms with Gasteiger partial charge in [0.25, 0.3) is 11.1 Å². The highest BCUT2D eigenvalue weighted by atomic mass is 35.5. The molecule has 0 amide bonds. The van der Waals surface area contributed by atoms with Crippen LogP contribution in [0.15, 0.2) is 57.3 Å². The van der Waals surface area contributed by atoms with Crippen LogP contribution >= 0.6 is 23.4 Å². The molecule has 0 aliphatic carbocycles. The van der Waals surface area contributed by atoms with Crippen LogP contribution in [0.4, 0.5) is 0 Å². The Morgan fingerprint density at radius 3 is 2.66 bits per heavy atom. The van der Waals surface area contributed by atoms with Gasteiger partial charge in [-0.2, -0.15) is 0 Å². The molecular formula is C21H19ClN4O2S. The second-order valence-corrected chi connectivity index (χ2v) is 8.51. The van der Waals surface area contributed by atoms with E-state index in [9.17, 15) is 9.59 Å². The zero-order valence-corrected chi connectivity index (χ0v) is 17.8. The molecule has 0 aliphatic rings. The fourth-order valence-corrected chi connectivity index (χ4v) is 4.36. The Kier molecular flexibility index (Phi) is 5.19. The average Bonchev–Trinajstić information content (AvgIpc) is 2.65. The van der Waals surface area contributed by atoms with Crippen molar-refractivity contribution in [1.29, 1.82) is 0 Å². The van der Waals surface area contributed by atoms with Crippen molar-refractivity contribution in [1.82, 2.24) is 18.9 Å². The first kappa shape index (κ1) is 19.7. The van der Waals surface area contributed by atoms with E-state index < -0.39 is 0 Å². The van der Waals surface area contributed by atoms with Crippen molar-refractivity contribution < 1.29 is 0 Å². The van der Waals surface area contributed by atoms with Gasteiger partial charge in [0.15, 0.2) is 5.16 Å². The molecule has 0 N–H and O–H groups in total. The van der Waals surface area contributed by atoms with Gasteiger partial charge < -0.3 is 0 Å². The highest BCUT2D eigenvalue weighted by Gasteiger charge is 2.15. The Labute approximate surface area is 176 Å². The fraction of sp³-hybridized carbons (Fsp3) is 0.238. The normalized spacial score (nSPS) is 11.6. The van der Waals surface area contributed by atoms with E-state index >= 15 is 0 Å². The van der Waals surface area contributed by atoms with Gasteiger partial charge in [0.1, 0.15) is 5.65 Å². The summed E-state index contributed by atoms with van der Waals surface area (Å²) in [7, 11) is 0. The molecule has 0 spiro atoms. The summed E-state index contributed by atoms with van der Waals surface area (Å²) >= 11 is 7.46. The molecule has 8 heteroatoms. The first-order valence-electron chi connectivity index (χ1n) is 9.17. The second-order valence-electron chi connectivity index (χ2n) is 7.13. The Morgan fingerprint density at radius 2 is 1.90 bits per heavy atom. The lowest BCUT2D eigenvalue weighted by atomic mass is 10.2. The van der Waals surface area contributed by atoms with Crippen molar-refractivity contribution in [3.8, 4) is 0 Å². The molecule has 1 aromatic carbocycles. The third-order valence-corrected chi connectivity index (χ3v) is 5.79. The molecular weight excluding hydrogens is 408 g/mol. The first-order chi connectivity index (χ1) is 13.8. The van der Waals surface area contributed by atoms with Gasteiger partial charge in [-0.25, -0.2) is 9.97 Å². The Bertz CT molecular complexity index is 1360. The SMILES string of the molecule is Cc1ccn2c(=O)cc(CSc3nc4cc(Cl)ccc4c(=O)n3C(C)C)nc2c1. The number of halogens is 1. The highest BCUT2D eigenvalue weighted by molar-refractivity contribution is 7.98. The number of aryl methyl sites for hydroxylation is 1. The molecule has 0 radical (unpaired) electrons. The minimum absolute atomic E-state index is 0.0598. The van der Waals surface area contributed by atoms with E-state index in [1.54, 1.807) is 29.0 Å². The van der Waals surface area contributed by atoms with Crippen molar-refractivity contribution in [2.45, 2.75) is 37.7 Å². The van der Waals surface area contributed by atoms with E-state index in [1.807, 2.05) is 32.9 Å². The van der Waals surface area contributed by atoms with Crippen LogP contribution < -0.4 is 11.1 Å². The minimum atomic E-state index is -0.134. The Hall–Kier alpha value is -2.64. The number of rotatable bonds is 4. The molecule has 0 bridgehead atoms. The maximum absolute atomic E-state index is 13.0. The Balaban J connectivity index is 1.76. The molecule has 3 aromatic heterocycles. The second kappa shape index (κ2) is 7.65. The smallest absolute Gasteiger partial charge is 0.262 e. The van der Waals surface area contributed by atoms with Crippen molar-refractivity contribution in [3.63, 3.8) is 0 Å². The van der Waals surface area contributed by atoms with E-state index in [0.29, 0.717) is 38.2 Å². The molecule has 0 saturated heterocycles. The third kappa shape index (κ3) is 3.80. The van der Waals surface area contributed by atoms with Crippen LogP contribution in [0.1, 0.15) is 31.1 Å². The van der Waals surface area contributed by atoms with Crippen LogP contribution in [0.2, 0.25) is 5.02 Å². The molecule has 148 valence electrons. The van der Waals surface area contributed by atoms with Crippen LogP contribution in [0.3, 0.4) is 0 Å². The maximum atomic E-state index is 13.0. The predicted molar refractivity (Wildman–Crippen MR) is 117 cm³/mol. The number of hydrogen-bond acceptors (Lipinski definition) is 5. The summed E-state index contributed by atoms with van der Waals surface area (Å²) in [5.74, 6) is 0.422. The van der Waals surface area contributed by atoms with Gasteiger partial charge in [-0.05, 0) is 56.7 Å². The summed E-state index contributed by atoms with van der Waals surface area (Å²) in [4.78, 5) is 34.6. The number of thioether (sulfide) groups is 1. The van der Waals surface area contributed by atoms with Crippen LogP contribution in [0.5, 0.6) is 0 Å². The van der Waals surface area contributed by atoms with Crippen LogP contribution in [0, 0.1) is 6.92 Å². The Morgan fingerprint density at radius 1 is 1.10 bits per heavy atom. The lowest BCUT2D eigenvalue weighted by molar-refractivity contribution is 0.519. The third-order valence-electron chi connectivity index (χ3n) is 4.57. The number of pyridine rings is 1. The summed E-state index contributed by atoms with van der Waals surface area (Å²) in [6.07, 6.45) is 1.72. The predicted octanol–water partition coefficient (Wildman–Crippen LogP) is 4.24. The van der Waals surface area contributed by atoms with Crippen molar-refractivity contribution in [2.24, 2.45) is 0 Å². The largest absolute Gasteiger partial charge is 0.285 e. The minimum Gasteiger partial charge on any atom is -0.285 e. The summed E-state index contributed by atoms with van der Waals surface area (Å²) in [5, 5.41) is 1.64. The molecule has 4 rings (SSSR count). The summed E-state index contributed by atoms with van der Waals surface area (Å²) in [6.45, 7) is 5.84. The molecule has 0 fully saturated rings. The molecule has 4 aromatic rings. The quantitative estimate of drug-likeness (QED) is 0.360. The van der Waals surface area contributed by atoms with Crippen LogP contribution in [-0.4, -0.2) is 18.9 Å². The zero-order chi connectivity index (χ0) is 20.7. The lowest BCUT2D eigenvalue weighted by Crippen LogP contribution is -2.25. The number of aromatic nitrogens is 4. The zero-order valence-electron chi connectivity index (χ0n) is 16.2. The standard InChI is InChI=1S/C21H19ClN4O2S/c1-12(2)26-20(28)16-5-4-14(22)9-17(16)24-21(26)29-11-15-10-19(27)25-7-6-13(3)8-18(25)23-15/h4-10,12H,11H2,1-3H3. The fourth-order valence-electron chi connectivity index (χ4n) is 3.18. The molecule has 0 unspecified atom stereocenters. The number of fused-ring (bicyclic) bond motifs is 2. The van der Waals surface area contributed by atoms with Gasteiger partial charge in [-0.1, -0.05) is 23.4 Å².